The van der Waals surface area contributed by atoms with Gasteiger partial charge in [-0.25, -0.2) is 0 Å². The average molecular weight is 248 g/mol. The van der Waals surface area contributed by atoms with Gasteiger partial charge in [-0.2, -0.15) is 0 Å². The first-order valence-electron chi connectivity index (χ1n) is 5.15. The zero-order valence-corrected chi connectivity index (χ0v) is 10.5. The predicted molar refractivity (Wildman–Crippen MR) is 65.7 cm³/mol. The van der Waals surface area contributed by atoms with Crippen LogP contribution in [-0.2, 0) is 6.42 Å². The van der Waals surface area contributed by atoms with Gasteiger partial charge in [-0.15, -0.1) is 5.10 Å². The third-order valence-electron chi connectivity index (χ3n) is 2.42. The summed E-state index contributed by atoms with van der Waals surface area (Å²) in [5, 5.41) is 3.66. The van der Waals surface area contributed by atoms with E-state index < -0.39 is 0 Å². The van der Waals surface area contributed by atoms with Crippen LogP contribution in [0.5, 0.6) is 5.75 Å². The molecule has 0 atom stereocenters. The van der Waals surface area contributed by atoms with E-state index in [0.29, 0.717) is 11.3 Å². The largest absolute Gasteiger partial charge is 0.496 e. The van der Waals surface area contributed by atoms with Crippen molar-refractivity contribution in [3.63, 3.8) is 0 Å². The topological polar surface area (TPSA) is 52.1 Å². The third-order valence-corrected chi connectivity index (χ3v) is 3.13. The zero-order valence-electron chi connectivity index (χ0n) is 9.64. The van der Waals surface area contributed by atoms with E-state index in [9.17, 15) is 4.79 Å². The van der Waals surface area contributed by atoms with Crippen molar-refractivity contribution in [1.29, 1.82) is 0 Å². The van der Waals surface area contributed by atoms with Gasteiger partial charge in [0.05, 0.1) is 13.3 Å². The molecular weight excluding hydrogens is 236 g/mol. The monoisotopic (exact) mass is 248 g/mol. The highest BCUT2D eigenvalue weighted by molar-refractivity contribution is 7.07. The predicted octanol–water partition coefficient (Wildman–Crippen LogP) is 2.28. The molecule has 1 aromatic carbocycles. The fourth-order valence-corrected chi connectivity index (χ4v) is 2.05. The number of nitrogens with zero attached hydrogens (tertiary/aromatic N) is 2. The van der Waals surface area contributed by atoms with E-state index in [0.717, 1.165) is 28.4 Å². The van der Waals surface area contributed by atoms with Gasteiger partial charge < -0.3 is 4.74 Å². The Kier molecular flexibility index (Phi) is 3.49. The molecular formula is C12H12N2O2S. The summed E-state index contributed by atoms with van der Waals surface area (Å²) in [6.07, 6.45) is 1.81. The van der Waals surface area contributed by atoms with Gasteiger partial charge in [0.2, 0.25) is 0 Å². The number of hydrogen-bond donors (Lipinski definition) is 0. The lowest BCUT2D eigenvalue weighted by molar-refractivity contribution is 0.0996. The van der Waals surface area contributed by atoms with Crippen molar-refractivity contribution in [2.75, 3.05) is 7.11 Å². The molecule has 0 aliphatic heterocycles. The van der Waals surface area contributed by atoms with Crippen molar-refractivity contribution < 1.29 is 9.53 Å². The van der Waals surface area contributed by atoms with E-state index in [1.54, 1.807) is 7.11 Å². The third kappa shape index (κ3) is 2.68. The van der Waals surface area contributed by atoms with Gasteiger partial charge >= 0.3 is 0 Å². The molecule has 0 spiro atoms. The maximum absolute atomic E-state index is 11.9. The molecule has 0 bridgehead atoms. The van der Waals surface area contributed by atoms with E-state index >= 15 is 0 Å². The summed E-state index contributed by atoms with van der Waals surface area (Å²) in [6.45, 7) is 1.99. The number of ether oxygens (including phenoxy) is 1. The highest BCUT2D eigenvalue weighted by atomic mass is 32.1. The summed E-state index contributed by atoms with van der Waals surface area (Å²) in [5.74, 6) is 0.755. The molecule has 1 aromatic heterocycles. The second kappa shape index (κ2) is 5.05. The van der Waals surface area contributed by atoms with E-state index in [2.05, 4.69) is 9.59 Å². The van der Waals surface area contributed by atoms with Crippen LogP contribution in [0, 0.1) is 6.92 Å². The van der Waals surface area contributed by atoms with Gasteiger partial charge in [0.15, 0.2) is 5.78 Å². The minimum Gasteiger partial charge on any atom is -0.496 e. The van der Waals surface area contributed by atoms with Crippen LogP contribution in [0.2, 0.25) is 0 Å². The molecule has 0 unspecified atom stereocenters. The number of aryl methyl sites for hydroxylation is 1. The Morgan fingerprint density at radius 3 is 2.94 bits per heavy atom. The maximum atomic E-state index is 11.9. The molecule has 0 aliphatic carbocycles. The van der Waals surface area contributed by atoms with Crippen molar-refractivity contribution in [2.24, 2.45) is 0 Å². The number of rotatable bonds is 4. The first-order valence-corrected chi connectivity index (χ1v) is 5.92. The molecule has 5 heteroatoms. The number of aromatic nitrogens is 2. The van der Waals surface area contributed by atoms with Crippen LogP contribution in [0.1, 0.15) is 20.8 Å². The summed E-state index contributed by atoms with van der Waals surface area (Å²) in [4.78, 5) is 12.5. The molecule has 2 rings (SSSR count). The number of hydrogen-bond acceptors (Lipinski definition) is 5. The minimum atomic E-state index is 0.0175. The molecule has 1 heterocycles. The molecule has 2 aromatic rings. The molecule has 0 amide bonds. The van der Waals surface area contributed by atoms with Crippen LogP contribution in [0.25, 0.3) is 0 Å². The molecule has 0 saturated carbocycles. The molecule has 4 nitrogen and oxygen atoms in total. The lowest BCUT2D eigenvalue weighted by atomic mass is 10.0. The van der Waals surface area contributed by atoms with Crippen molar-refractivity contribution in [1.82, 2.24) is 9.59 Å². The molecule has 0 N–H and O–H groups in total. The normalized spacial score (nSPS) is 10.2. The Morgan fingerprint density at radius 2 is 2.29 bits per heavy atom. The Hall–Kier alpha value is -1.75. The molecule has 88 valence electrons. The summed E-state index contributed by atoms with van der Waals surface area (Å²) >= 11 is 1.12. The van der Waals surface area contributed by atoms with E-state index in [1.165, 1.54) is 6.20 Å². The Bertz CT molecular complexity index is 523. The SMILES string of the molecule is COc1ccc(C)cc1CC(=O)c1cnns1. The first kappa shape index (κ1) is 11.7. The van der Waals surface area contributed by atoms with E-state index in [4.69, 9.17) is 4.74 Å². The highest BCUT2D eigenvalue weighted by Gasteiger charge is 2.12. The summed E-state index contributed by atoms with van der Waals surface area (Å²) < 4.78 is 8.92. The molecule has 17 heavy (non-hydrogen) atoms. The van der Waals surface area contributed by atoms with Crippen molar-refractivity contribution >= 4 is 17.3 Å². The molecule has 0 radical (unpaired) electrons. The van der Waals surface area contributed by atoms with Crippen LogP contribution in [-0.4, -0.2) is 22.5 Å². The number of Topliss-reactive ketones (excluding diaryl/α,β-unsaturated/α-hetero) is 1. The summed E-state index contributed by atoms with van der Waals surface area (Å²) in [7, 11) is 1.60. The fourth-order valence-electron chi connectivity index (χ4n) is 1.60. The Morgan fingerprint density at radius 1 is 1.47 bits per heavy atom. The zero-order chi connectivity index (χ0) is 12.3. The second-order valence-electron chi connectivity index (χ2n) is 3.70. The summed E-state index contributed by atoms with van der Waals surface area (Å²) in [6, 6.07) is 5.80. The van der Waals surface area contributed by atoms with Crippen LogP contribution >= 0.6 is 11.5 Å². The number of ketones is 1. The number of benzene rings is 1. The Labute approximate surface area is 103 Å². The van der Waals surface area contributed by atoms with Gasteiger partial charge in [0.25, 0.3) is 0 Å². The van der Waals surface area contributed by atoms with Crippen LogP contribution in [0.3, 0.4) is 0 Å². The van der Waals surface area contributed by atoms with Gasteiger partial charge in [-0.1, -0.05) is 22.2 Å². The number of carbonyl (C=O) groups excluding carboxylic acids is 1. The standard InChI is InChI=1S/C12H12N2O2S/c1-8-3-4-11(16-2)9(5-8)6-10(15)12-7-13-14-17-12/h3-5,7H,6H2,1-2H3. The van der Waals surface area contributed by atoms with Gasteiger partial charge in [0, 0.05) is 12.0 Å². The van der Waals surface area contributed by atoms with Crippen molar-refractivity contribution in [3.05, 3.63) is 40.4 Å². The summed E-state index contributed by atoms with van der Waals surface area (Å²) in [5.41, 5.74) is 2.00. The maximum Gasteiger partial charge on any atom is 0.180 e. The van der Waals surface area contributed by atoms with E-state index in [-0.39, 0.29) is 5.78 Å². The lowest BCUT2D eigenvalue weighted by Gasteiger charge is -2.08. The Balaban J connectivity index is 2.23. The average Bonchev–Trinajstić information content (AvgIpc) is 2.83. The van der Waals surface area contributed by atoms with Gasteiger partial charge in [-0.3, -0.25) is 4.79 Å². The van der Waals surface area contributed by atoms with Crippen molar-refractivity contribution in [2.45, 2.75) is 13.3 Å². The smallest absolute Gasteiger partial charge is 0.180 e. The minimum absolute atomic E-state index is 0.0175. The van der Waals surface area contributed by atoms with Crippen LogP contribution < -0.4 is 4.74 Å². The van der Waals surface area contributed by atoms with Crippen LogP contribution in [0.15, 0.2) is 24.4 Å². The van der Waals surface area contributed by atoms with Gasteiger partial charge in [-0.05, 0) is 24.5 Å². The van der Waals surface area contributed by atoms with Gasteiger partial charge in [0.1, 0.15) is 10.6 Å². The first-order chi connectivity index (χ1) is 8.20. The number of methoxy groups -OCH3 is 1. The second-order valence-corrected chi connectivity index (χ2v) is 4.48. The highest BCUT2D eigenvalue weighted by Crippen LogP contribution is 2.21. The fraction of sp³-hybridized carbons (Fsp3) is 0.250. The quantitative estimate of drug-likeness (QED) is 0.779. The van der Waals surface area contributed by atoms with Crippen LogP contribution in [0.4, 0.5) is 0 Å². The van der Waals surface area contributed by atoms with Crippen molar-refractivity contribution in [3.8, 4) is 5.75 Å². The van der Waals surface area contributed by atoms with E-state index in [1.807, 2.05) is 25.1 Å². The molecule has 0 fully saturated rings. The number of carbonyl (C=O) groups is 1. The molecule has 0 saturated heterocycles. The molecule has 0 aliphatic rings. The lowest BCUT2D eigenvalue weighted by Crippen LogP contribution is -2.03.